The number of hydrogen-bond acceptors (Lipinski definition) is 6. The van der Waals surface area contributed by atoms with E-state index in [0.717, 1.165) is 38.7 Å². The van der Waals surface area contributed by atoms with Crippen LogP contribution >= 0.6 is 22.7 Å². The summed E-state index contributed by atoms with van der Waals surface area (Å²) in [6.45, 7) is 3.48. The highest BCUT2D eigenvalue weighted by Crippen LogP contribution is 2.33. The zero-order valence-corrected chi connectivity index (χ0v) is 19.4. The summed E-state index contributed by atoms with van der Waals surface area (Å²) in [4.78, 5) is 30.2. The number of benzene rings is 2. The van der Waals surface area contributed by atoms with Crippen molar-refractivity contribution in [3.63, 3.8) is 0 Å². The molecule has 162 valence electrons. The molecule has 6 nitrogen and oxygen atoms in total. The van der Waals surface area contributed by atoms with Gasteiger partial charge in [0.15, 0.2) is 5.13 Å². The van der Waals surface area contributed by atoms with Gasteiger partial charge >= 0.3 is 0 Å². The van der Waals surface area contributed by atoms with Gasteiger partial charge in [-0.15, -0.1) is 22.7 Å². The second kappa shape index (κ2) is 9.33. The van der Waals surface area contributed by atoms with Gasteiger partial charge in [-0.3, -0.25) is 14.9 Å². The van der Waals surface area contributed by atoms with Crippen molar-refractivity contribution in [2.75, 3.05) is 17.7 Å². The van der Waals surface area contributed by atoms with Gasteiger partial charge < -0.3 is 10.1 Å². The first-order valence-electron chi connectivity index (χ1n) is 9.82. The Kier molecular flexibility index (Phi) is 6.34. The molecule has 0 atom stereocenters. The summed E-state index contributed by atoms with van der Waals surface area (Å²) in [5.41, 5.74) is 4.47. The Morgan fingerprint density at radius 2 is 1.66 bits per heavy atom. The van der Waals surface area contributed by atoms with Crippen LogP contribution in [0.2, 0.25) is 0 Å². The number of aromatic nitrogens is 1. The van der Waals surface area contributed by atoms with Crippen molar-refractivity contribution in [1.82, 2.24) is 4.98 Å². The fourth-order valence-electron chi connectivity index (χ4n) is 3.20. The Morgan fingerprint density at radius 3 is 2.31 bits per heavy atom. The van der Waals surface area contributed by atoms with Crippen molar-refractivity contribution in [2.45, 2.75) is 13.8 Å². The third-order valence-corrected chi connectivity index (χ3v) is 6.58. The van der Waals surface area contributed by atoms with E-state index in [2.05, 4.69) is 15.6 Å². The summed E-state index contributed by atoms with van der Waals surface area (Å²) in [5, 5.41) is 8.07. The van der Waals surface area contributed by atoms with Crippen LogP contribution in [0.3, 0.4) is 0 Å². The van der Waals surface area contributed by atoms with Gasteiger partial charge in [0, 0.05) is 28.4 Å². The second-order valence-electron chi connectivity index (χ2n) is 7.06. The minimum Gasteiger partial charge on any atom is -0.497 e. The summed E-state index contributed by atoms with van der Waals surface area (Å²) >= 11 is 2.83. The molecule has 0 fully saturated rings. The van der Waals surface area contributed by atoms with Gasteiger partial charge in [-0.05, 0) is 48.4 Å². The Balaban J connectivity index is 1.47. The first-order chi connectivity index (χ1) is 15.4. The minimum atomic E-state index is -0.181. The molecule has 2 N–H and O–H groups in total. The van der Waals surface area contributed by atoms with E-state index in [4.69, 9.17) is 4.74 Å². The highest BCUT2D eigenvalue weighted by molar-refractivity contribution is 7.15. The fraction of sp³-hybridized carbons (Fsp3) is 0.125. The molecule has 0 aliphatic carbocycles. The van der Waals surface area contributed by atoms with Crippen LogP contribution in [-0.4, -0.2) is 23.9 Å². The average Bonchev–Trinajstić information content (AvgIpc) is 3.41. The van der Waals surface area contributed by atoms with Gasteiger partial charge in [0.1, 0.15) is 5.75 Å². The molecule has 0 aliphatic heterocycles. The largest absolute Gasteiger partial charge is 0.497 e. The van der Waals surface area contributed by atoms with E-state index < -0.39 is 0 Å². The predicted octanol–water partition coefficient (Wildman–Crippen LogP) is 6.07. The Hall–Kier alpha value is -3.49. The molecular weight excluding hydrogens is 442 g/mol. The monoisotopic (exact) mass is 463 g/mol. The van der Waals surface area contributed by atoms with E-state index in [1.165, 1.54) is 29.6 Å². The second-order valence-corrected chi connectivity index (χ2v) is 9.17. The van der Waals surface area contributed by atoms with Gasteiger partial charge in [0.25, 0.3) is 5.91 Å². The molecule has 2 aromatic heterocycles. The zero-order valence-electron chi connectivity index (χ0n) is 17.8. The molecule has 0 saturated carbocycles. The van der Waals surface area contributed by atoms with Crippen molar-refractivity contribution in [3.8, 4) is 28.1 Å². The molecule has 0 aliphatic rings. The topological polar surface area (TPSA) is 80.3 Å². The van der Waals surface area contributed by atoms with Gasteiger partial charge in [0.2, 0.25) is 5.91 Å². The van der Waals surface area contributed by atoms with E-state index >= 15 is 0 Å². The smallest absolute Gasteiger partial charge is 0.267 e. The molecule has 0 bridgehead atoms. The number of amides is 2. The van der Waals surface area contributed by atoms with E-state index in [1.54, 1.807) is 7.11 Å². The van der Waals surface area contributed by atoms with E-state index in [9.17, 15) is 9.59 Å². The van der Waals surface area contributed by atoms with Crippen LogP contribution in [0.4, 0.5) is 10.8 Å². The number of methoxy groups -OCH3 is 1. The molecule has 0 unspecified atom stereocenters. The molecule has 0 radical (unpaired) electrons. The van der Waals surface area contributed by atoms with Gasteiger partial charge in [-0.2, -0.15) is 0 Å². The highest BCUT2D eigenvalue weighted by Gasteiger charge is 2.16. The number of ether oxygens (including phenoxy) is 1. The molecule has 8 heteroatoms. The zero-order chi connectivity index (χ0) is 22.7. The van der Waals surface area contributed by atoms with Gasteiger partial charge in [-0.1, -0.05) is 24.3 Å². The third kappa shape index (κ3) is 4.87. The van der Waals surface area contributed by atoms with E-state index in [1.807, 2.05) is 66.9 Å². The number of hydrogen-bond donors (Lipinski definition) is 2. The lowest BCUT2D eigenvalue weighted by Gasteiger charge is -2.03. The average molecular weight is 464 g/mol. The van der Waals surface area contributed by atoms with Crippen LogP contribution in [0, 0.1) is 6.92 Å². The summed E-state index contributed by atoms with van der Waals surface area (Å²) < 4.78 is 5.22. The molecule has 4 aromatic rings. The number of nitrogens with one attached hydrogen (secondary N) is 2. The SMILES string of the molecule is COc1ccc(-c2cc(C(=O)Nc3nc(-c4ccc(NC(C)=O)cc4)cs3)sc2C)cc1. The van der Waals surface area contributed by atoms with Gasteiger partial charge in [0.05, 0.1) is 17.7 Å². The molecule has 2 aromatic carbocycles. The van der Waals surface area contributed by atoms with Gasteiger partial charge in [-0.25, -0.2) is 4.98 Å². The van der Waals surface area contributed by atoms with Crippen molar-refractivity contribution in [2.24, 2.45) is 0 Å². The van der Waals surface area contributed by atoms with E-state index in [0.29, 0.717) is 10.0 Å². The number of aryl methyl sites for hydroxylation is 1. The van der Waals surface area contributed by atoms with Crippen LogP contribution < -0.4 is 15.4 Å². The summed E-state index contributed by atoms with van der Waals surface area (Å²) in [6, 6.07) is 17.1. The summed E-state index contributed by atoms with van der Waals surface area (Å²) in [6.07, 6.45) is 0. The molecule has 0 spiro atoms. The maximum Gasteiger partial charge on any atom is 0.267 e. The van der Waals surface area contributed by atoms with Crippen molar-refractivity contribution in [3.05, 3.63) is 69.7 Å². The number of rotatable bonds is 6. The minimum absolute atomic E-state index is 0.115. The quantitative estimate of drug-likeness (QED) is 0.364. The molecule has 0 saturated heterocycles. The Labute approximate surface area is 193 Å². The molecular formula is C24H21N3O3S2. The molecule has 2 heterocycles. The maximum atomic E-state index is 12.8. The summed E-state index contributed by atoms with van der Waals surface area (Å²) in [7, 11) is 1.64. The van der Waals surface area contributed by atoms with Crippen LogP contribution in [0.1, 0.15) is 21.5 Å². The lowest BCUT2D eigenvalue weighted by molar-refractivity contribution is -0.114. The number of thiophene rings is 1. The normalized spacial score (nSPS) is 10.6. The summed E-state index contributed by atoms with van der Waals surface area (Å²) in [5.74, 6) is 0.499. The molecule has 32 heavy (non-hydrogen) atoms. The predicted molar refractivity (Wildman–Crippen MR) is 131 cm³/mol. The fourth-order valence-corrected chi connectivity index (χ4v) is 4.85. The van der Waals surface area contributed by atoms with Crippen molar-refractivity contribution < 1.29 is 14.3 Å². The van der Waals surface area contributed by atoms with Crippen molar-refractivity contribution >= 4 is 45.3 Å². The Morgan fingerprint density at radius 1 is 0.969 bits per heavy atom. The highest BCUT2D eigenvalue weighted by atomic mass is 32.1. The molecule has 4 rings (SSSR count). The lowest BCUT2D eigenvalue weighted by atomic mass is 10.1. The first-order valence-corrected chi connectivity index (χ1v) is 11.5. The Bertz CT molecular complexity index is 1260. The van der Waals surface area contributed by atoms with Crippen LogP contribution in [0.25, 0.3) is 22.4 Å². The number of nitrogens with zero attached hydrogens (tertiary/aromatic N) is 1. The lowest BCUT2D eigenvalue weighted by Crippen LogP contribution is -2.09. The number of carbonyl (C=O) groups is 2. The first kappa shape index (κ1) is 21.7. The van der Waals surface area contributed by atoms with Crippen LogP contribution in [0.15, 0.2) is 60.0 Å². The third-order valence-electron chi connectivity index (χ3n) is 4.77. The van der Waals surface area contributed by atoms with Crippen LogP contribution in [0.5, 0.6) is 5.75 Å². The number of thiazole rings is 1. The van der Waals surface area contributed by atoms with Crippen molar-refractivity contribution in [1.29, 1.82) is 0 Å². The van der Waals surface area contributed by atoms with E-state index in [-0.39, 0.29) is 11.8 Å². The standard InChI is InChI=1S/C24H21N3O3S2/c1-14-20(16-6-10-19(30-3)11-7-16)12-22(32-14)23(29)27-24-26-21(13-31-24)17-4-8-18(9-5-17)25-15(2)28/h4-13H,1-3H3,(H,25,28)(H,26,27,29). The number of carbonyl (C=O) groups excluding carboxylic acids is 2. The maximum absolute atomic E-state index is 12.8. The number of anilines is 2. The molecule has 2 amide bonds. The van der Waals surface area contributed by atoms with Crippen LogP contribution in [-0.2, 0) is 4.79 Å².